The molecule has 1 saturated heterocycles. The largest absolute Gasteiger partial charge is 0.474 e. The van der Waals surface area contributed by atoms with Crippen molar-refractivity contribution in [1.82, 2.24) is 0 Å². The van der Waals surface area contributed by atoms with Crippen LogP contribution in [0.4, 0.5) is 0 Å². The van der Waals surface area contributed by atoms with E-state index in [0.717, 1.165) is 12.8 Å². The lowest BCUT2D eigenvalue weighted by Gasteiger charge is -2.09. The lowest BCUT2D eigenvalue weighted by Crippen LogP contribution is -1.93. The third kappa shape index (κ3) is 13.7. The minimum absolute atomic E-state index is 0.380. The highest BCUT2D eigenvalue weighted by atomic mass is 31.2. The first-order valence-electron chi connectivity index (χ1n) is 10.5. The minimum Gasteiger partial charge on any atom is -0.287 e. The quantitative estimate of drug-likeness (QED) is 0.153. The Balaban J connectivity index is 1.74. The third-order valence-electron chi connectivity index (χ3n) is 4.49. The maximum Gasteiger partial charge on any atom is 0.474 e. The molecule has 0 aromatic rings. The summed E-state index contributed by atoms with van der Waals surface area (Å²) in [6.45, 7) is 3.50. The van der Waals surface area contributed by atoms with Gasteiger partial charge in [-0.25, -0.2) is 4.57 Å². The van der Waals surface area contributed by atoms with Crippen LogP contribution in [0.3, 0.4) is 0 Å². The molecule has 1 aliphatic heterocycles. The fraction of sp³-hybridized carbons (Fsp3) is 0.900. The van der Waals surface area contributed by atoms with Crippen LogP contribution in [0.2, 0.25) is 0 Å². The molecule has 0 N–H and O–H groups in total. The van der Waals surface area contributed by atoms with E-state index in [-0.39, 0.29) is 0 Å². The Morgan fingerprint density at radius 2 is 1.24 bits per heavy atom. The van der Waals surface area contributed by atoms with Gasteiger partial charge in [-0.1, -0.05) is 76.9 Å². The van der Waals surface area contributed by atoms with Gasteiger partial charge in [-0.2, -0.15) is 0 Å². The maximum absolute atomic E-state index is 11.7. The van der Waals surface area contributed by atoms with Crippen molar-refractivity contribution in [2.45, 2.75) is 96.8 Å². The van der Waals surface area contributed by atoms with E-state index in [9.17, 15) is 4.57 Å². The molecule has 1 rings (SSSR count). The molecule has 1 heterocycles. The topological polar surface area (TPSA) is 44.8 Å². The summed E-state index contributed by atoms with van der Waals surface area (Å²) < 4.78 is 26.9. The van der Waals surface area contributed by atoms with Crippen LogP contribution in [0.25, 0.3) is 0 Å². The van der Waals surface area contributed by atoms with Crippen molar-refractivity contribution >= 4 is 7.82 Å². The van der Waals surface area contributed by atoms with Crippen LogP contribution in [0.1, 0.15) is 96.8 Å². The van der Waals surface area contributed by atoms with Crippen molar-refractivity contribution in [1.29, 1.82) is 0 Å². The molecule has 1 aliphatic rings. The molecular weight excluding hydrogens is 335 g/mol. The van der Waals surface area contributed by atoms with Gasteiger partial charge < -0.3 is 0 Å². The molecule has 0 bridgehead atoms. The van der Waals surface area contributed by atoms with Crippen LogP contribution in [0, 0.1) is 0 Å². The molecule has 0 spiro atoms. The van der Waals surface area contributed by atoms with Crippen LogP contribution in [-0.2, 0) is 18.1 Å². The normalized spacial score (nSPS) is 16.8. The molecule has 148 valence electrons. The molecule has 0 aromatic carbocycles. The molecule has 4 nitrogen and oxygen atoms in total. The summed E-state index contributed by atoms with van der Waals surface area (Å²) in [6, 6.07) is 0. The molecule has 5 heteroatoms. The minimum atomic E-state index is -3.17. The van der Waals surface area contributed by atoms with E-state index in [1.54, 1.807) is 0 Å². The van der Waals surface area contributed by atoms with Gasteiger partial charge >= 0.3 is 7.82 Å². The average Bonchev–Trinajstić information content (AvgIpc) is 3.04. The smallest absolute Gasteiger partial charge is 0.287 e. The highest BCUT2D eigenvalue weighted by Gasteiger charge is 2.31. The van der Waals surface area contributed by atoms with Gasteiger partial charge in [-0.3, -0.25) is 13.6 Å². The first-order chi connectivity index (χ1) is 12.3. The molecule has 0 unspecified atom stereocenters. The van der Waals surface area contributed by atoms with Gasteiger partial charge in [0.25, 0.3) is 0 Å². The van der Waals surface area contributed by atoms with Gasteiger partial charge in [-0.05, 0) is 32.1 Å². The Hall–Kier alpha value is -0.150. The van der Waals surface area contributed by atoms with Crippen LogP contribution < -0.4 is 0 Å². The number of phosphoric ester groups is 1. The monoisotopic (exact) mass is 374 g/mol. The Bertz CT molecular complexity index is 361. The first kappa shape index (κ1) is 22.9. The standard InChI is InChI=1S/C20H39O4P/c1-2-3-4-5-6-7-8-9-10-11-12-13-14-15-16-17-18-22-25(21)23-19-20-24-25/h9-10H,2-8,11-20H2,1H3. The Kier molecular flexibility index (Phi) is 14.7. The van der Waals surface area contributed by atoms with E-state index in [0.29, 0.717) is 19.8 Å². The number of allylic oxidation sites excluding steroid dienone is 2. The summed E-state index contributed by atoms with van der Waals surface area (Å²) in [6.07, 6.45) is 22.6. The zero-order chi connectivity index (χ0) is 18.1. The summed E-state index contributed by atoms with van der Waals surface area (Å²) in [4.78, 5) is 0. The summed E-state index contributed by atoms with van der Waals surface area (Å²) in [5.74, 6) is 0. The second-order valence-electron chi connectivity index (χ2n) is 6.88. The number of hydrogen-bond acceptors (Lipinski definition) is 4. The second kappa shape index (κ2) is 16.1. The van der Waals surface area contributed by atoms with Gasteiger partial charge in [0.15, 0.2) is 0 Å². The van der Waals surface area contributed by atoms with E-state index < -0.39 is 7.82 Å². The molecule has 0 aliphatic carbocycles. The lowest BCUT2D eigenvalue weighted by atomic mass is 10.1. The predicted molar refractivity (Wildman–Crippen MR) is 105 cm³/mol. The molecule has 25 heavy (non-hydrogen) atoms. The van der Waals surface area contributed by atoms with Gasteiger partial charge in [0.2, 0.25) is 0 Å². The SMILES string of the molecule is CCCCCCCCC=CCCCCCCCCOP1(=O)OCCO1. The van der Waals surface area contributed by atoms with Gasteiger partial charge in [0.05, 0.1) is 19.8 Å². The van der Waals surface area contributed by atoms with Crippen molar-refractivity contribution in [2.75, 3.05) is 19.8 Å². The molecule has 0 amide bonds. The van der Waals surface area contributed by atoms with E-state index >= 15 is 0 Å². The van der Waals surface area contributed by atoms with E-state index in [4.69, 9.17) is 13.6 Å². The Morgan fingerprint density at radius 3 is 1.80 bits per heavy atom. The Labute approximate surface area is 155 Å². The Morgan fingerprint density at radius 1 is 0.760 bits per heavy atom. The summed E-state index contributed by atoms with van der Waals surface area (Å²) in [7, 11) is -3.17. The van der Waals surface area contributed by atoms with Crippen LogP contribution in [0.15, 0.2) is 12.2 Å². The molecule has 0 saturated carbocycles. The van der Waals surface area contributed by atoms with Crippen molar-refractivity contribution in [3.8, 4) is 0 Å². The summed E-state index contributed by atoms with van der Waals surface area (Å²) in [5, 5.41) is 0. The second-order valence-corrected chi connectivity index (χ2v) is 8.55. The van der Waals surface area contributed by atoms with Crippen molar-refractivity contribution in [3.63, 3.8) is 0 Å². The molecular formula is C20H39O4P. The zero-order valence-corrected chi connectivity index (χ0v) is 17.2. The van der Waals surface area contributed by atoms with Gasteiger partial charge in [0.1, 0.15) is 0 Å². The molecule has 1 fully saturated rings. The molecule has 0 aromatic heterocycles. The van der Waals surface area contributed by atoms with Crippen molar-refractivity contribution < 1.29 is 18.1 Å². The van der Waals surface area contributed by atoms with Gasteiger partial charge in [0, 0.05) is 0 Å². The number of hydrogen-bond donors (Lipinski definition) is 0. The molecule has 0 atom stereocenters. The van der Waals surface area contributed by atoms with Gasteiger partial charge in [-0.15, -0.1) is 0 Å². The fourth-order valence-electron chi connectivity index (χ4n) is 2.94. The van der Waals surface area contributed by atoms with Crippen LogP contribution >= 0.6 is 7.82 Å². The van der Waals surface area contributed by atoms with E-state index in [1.807, 2.05) is 0 Å². The summed E-state index contributed by atoms with van der Waals surface area (Å²) in [5.41, 5.74) is 0. The fourth-order valence-corrected chi connectivity index (χ4v) is 4.11. The third-order valence-corrected chi connectivity index (χ3v) is 5.98. The van der Waals surface area contributed by atoms with E-state index in [1.165, 1.54) is 77.0 Å². The summed E-state index contributed by atoms with van der Waals surface area (Å²) >= 11 is 0. The highest BCUT2D eigenvalue weighted by molar-refractivity contribution is 7.48. The predicted octanol–water partition coefficient (Wildman–Crippen LogP) is 7.20. The maximum atomic E-state index is 11.7. The van der Waals surface area contributed by atoms with E-state index in [2.05, 4.69) is 19.1 Å². The molecule has 0 radical (unpaired) electrons. The number of phosphoric acid groups is 1. The lowest BCUT2D eigenvalue weighted by molar-refractivity contribution is 0.187. The average molecular weight is 375 g/mol. The highest BCUT2D eigenvalue weighted by Crippen LogP contribution is 2.52. The number of rotatable bonds is 17. The van der Waals surface area contributed by atoms with Crippen LogP contribution in [-0.4, -0.2) is 19.8 Å². The number of unbranched alkanes of at least 4 members (excludes halogenated alkanes) is 12. The van der Waals surface area contributed by atoms with Crippen molar-refractivity contribution in [3.05, 3.63) is 12.2 Å². The zero-order valence-electron chi connectivity index (χ0n) is 16.3. The first-order valence-corrected chi connectivity index (χ1v) is 11.9. The van der Waals surface area contributed by atoms with Crippen molar-refractivity contribution in [2.24, 2.45) is 0 Å². The van der Waals surface area contributed by atoms with Crippen LogP contribution in [0.5, 0.6) is 0 Å².